The van der Waals surface area contributed by atoms with Gasteiger partial charge >= 0.3 is 87.7 Å². The molecule has 0 aromatic heterocycles. The Morgan fingerprint density at radius 2 is 2.00 bits per heavy atom. The molecule has 1 N–H and O–H groups in total. The molecule has 1 atom stereocenters. The molecule has 0 aliphatic heterocycles. The summed E-state index contributed by atoms with van der Waals surface area (Å²) in [5, 5.41) is 3.23. The predicted molar refractivity (Wildman–Crippen MR) is 53.7 cm³/mol. The molecule has 1 unspecified atom stereocenters. The van der Waals surface area contributed by atoms with Gasteiger partial charge in [0.1, 0.15) is 0 Å². The molecular formula is C10H14NSn+3. The van der Waals surface area contributed by atoms with E-state index in [9.17, 15) is 0 Å². The van der Waals surface area contributed by atoms with Crippen LogP contribution in [0.4, 0.5) is 0 Å². The van der Waals surface area contributed by atoms with Gasteiger partial charge in [0, 0.05) is 0 Å². The molecule has 0 fully saturated rings. The van der Waals surface area contributed by atoms with Crippen LogP contribution in [-0.4, -0.2) is 36.1 Å². The van der Waals surface area contributed by atoms with E-state index < -0.39 is 0 Å². The van der Waals surface area contributed by atoms with E-state index in [1.807, 2.05) is 7.05 Å². The van der Waals surface area contributed by atoms with Crippen LogP contribution in [0.3, 0.4) is 0 Å². The first-order chi connectivity index (χ1) is 5.88. The maximum atomic E-state index is 3.23. The van der Waals surface area contributed by atoms with Gasteiger partial charge in [-0.1, -0.05) is 0 Å². The van der Waals surface area contributed by atoms with Crippen molar-refractivity contribution in [3.8, 4) is 0 Å². The average molecular weight is 267 g/mol. The molecule has 0 aliphatic carbocycles. The Kier molecular flexibility index (Phi) is 4.69. The second kappa shape index (κ2) is 5.59. The van der Waals surface area contributed by atoms with Gasteiger partial charge in [-0.15, -0.1) is 0 Å². The zero-order valence-electron chi connectivity index (χ0n) is 7.38. The van der Waals surface area contributed by atoms with Gasteiger partial charge in [-0.2, -0.15) is 0 Å². The molecule has 0 saturated carbocycles. The minimum atomic E-state index is 0.703. The Morgan fingerprint density at radius 1 is 1.33 bits per heavy atom. The minimum absolute atomic E-state index is 0.703. The molecule has 0 bridgehead atoms. The fraction of sp³-hybridized carbons (Fsp3) is 0.400. The summed E-state index contributed by atoms with van der Waals surface area (Å²) in [7, 11) is 2.02. The number of nitrogens with one attached hydrogen (secondary N) is 1. The van der Waals surface area contributed by atoms with E-state index in [1.54, 1.807) is 22.5 Å². The summed E-state index contributed by atoms with van der Waals surface area (Å²) in [5.74, 6) is 0.703. The van der Waals surface area contributed by atoms with Gasteiger partial charge in [-0.3, -0.25) is 0 Å². The number of benzene rings is 1. The van der Waals surface area contributed by atoms with Crippen LogP contribution in [-0.2, 0) is 0 Å². The Hall–Kier alpha value is -0.0213. The monoisotopic (exact) mass is 268 g/mol. The molecule has 2 heteroatoms. The molecule has 60 valence electrons. The molecule has 1 rings (SSSR count). The van der Waals surface area contributed by atoms with Crippen LogP contribution in [0.15, 0.2) is 30.3 Å². The second-order valence-corrected chi connectivity index (χ2v) is 4.03. The normalized spacial score (nSPS) is 12.9. The van der Waals surface area contributed by atoms with Crippen molar-refractivity contribution < 1.29 is 0 Å². The first kappa shape index (κ1) is 10.1. The van der Waals surface area contributed by atoms with Gasteiger partial charge < -0.3 is 0 Å². The van der Waals surface area contributed by atoms with Crippen molar-refractivity contribution in [3.05, 3.63) is 35.9 Å². The summed E-state index contributed by atoms with van der Waals surface area (Å²) in [4.78, 5) is 0. The zero-order valence-corrected chi connectivity index (χ0v) is 10.2. The Labute approximate surface area is 87.6 Å². The molecule has 0 heterocycles. The third-order valence-corrected chi connectivity index (χ3v) is 3.37. The number of likely N-dealkylation sites (N-methyl/N-ethyl adjacent to an activating group) is 1. The van der Waals surface area contributed by atoms with Crippen molar-refractivity contribution in [2.24, 2.45) is 0 Å². The molecule has 0 radical (unpaired) electrons. The SMILES string of the molecule is CNCC([CH2][Sn+3])c1ccccc1. The number of hydrogen-bond acceptors (Lipinski definition) is 1. The third kappa shape index (κ3) is 2.79. The van der Waals surface area contributed by atoms with Crippen LogP contribution >= 0.6 is 0 Å². The maximum absolute atomic E-state index is 3.23. The molecule has 1 aromatic carbocycles. The van der Waals surface area contributed by atoms with Gasteiger partial charge in [-0.25, -0.2) is 0 Å². The Morgan fingerprint density at radius 3 is 2.50 bits per heavy atom. The fourth-order valence-electron chi connectivity index (χ4n) is 1.28. The summed E-state index contributed by atoms with van der Waals surface area (Å²) in [6.07, 6.45) is 0. The van der Waals surface area contributed by atoms with Gasteiger partial charge in [0.05, 0.1) is 0 Å². The zero-order chi connectivity index (χ0) is 8.81. The van der Waals surface area contributed by atoms with Crippen molar-refractivity contribution in [2.75, 3.05) is 13.6 Å². The van der Waals surface area contributed by atoms with Gasteiger partial charge in [-0.05, 0) is 0 Å². The van der Waals surface area contributed by atoms with E-state index >= 15 is 0 Å². The van der Waals surface area contributed by atoms with E-state index in [2.05, 4.69) is 35.6 Å². The average Bonchev–Trinajstić information content (AvgIpc) is 2.15. The number of rotatable bonds is 4. The summed E-state index contributed by atoms with van der Waals surface area (Å²) in [6.45, 7) is 1.09. The van der Waals surface area contributed by atoms with Crippen molar-refractivity contribution >= 4 is 22.5 Å². The second-order valence-electron chi connectivity index (χ2n) is 2.87. The van der Waals surface area contributed by atoms with Gasteiger partial charge in [0.25, 0.3) is 0 Å². The van der Waals surface area contributed by atoms with E-state index in [4.69, 9.17) is 0 Å². The van der Waals surface area contributed by atoms with Crippen molar-refractivity contribution in [1.29, 1.82) is 0 Å². The molecule has 1 aromatic rings. The predicted octanol–water partition coefficient (Wildman–Crippen LogP) is 1.58. The molecule has 12 heavy (non-hydrogen) atoms. The Bertz CT molecular complexity index is 210. The summed E-state index contributed by atoms with van der Waals surface area (Å²) in [6, 6.07) is 10.7. The van der Waals surface area contributed by atoms with Crippen LogP contribution in [0.25, 0.3) is 0 Å². The van der Waals surface area contributed by atoms with Crippen LogP contribution in [0, 0.1) is 0 Å². The van der Waals surface area contributed by atoms with Gasteiger partial charge in [0.15, 0.2) is 0 Å². The fourth-order valence-corrected chi connectivity index (χ4v) is 2.36. The first-order valence-corrected chi connectivity index (χ1v) is 6.24. The van der Waals surface area contributed by atoms with Crippen LogP contribution in [0.1, 0.15) is 11.5 Å². The van der Waals surface area contributed by atoms with Crippen LogP contribution < -0.4 is 5.32 Å². The van der Waals surface area contributed by atoms with Crippen molar-refractivity contribution in [2.45, 2.75) is 10.4 Å². The number of hydrogen-bond donors (Lipinski definition) is 1. The van der Waals surface area contributed by atoms with E-state index in [1.165, 1.54) is 10.0 Å². The third-order valence-electron chi connectivity index (χ3n) is 1.97. The molecular weight excluding hydrogens is 253 g/mol. The van der Waals surface area contributed by atoms with E-state index in [0.717, 1.165) is 6.54 Å². The van der Waals surface area contributed by atoms with Crippen molar-refractivity contribution in [3.63, 3.8) is 0 Å². The summed E-state index contributed by atoms with van der Waals surface area (Å²) in [5.41, 5.74) is 1.46. The first-order valence-electron chi connectivity index (χ1n) is 4.22. The Balaban J connectivity index is 2.66. The van der Waals surface area contributed by atoms with E-state index in [0.29, 0.717) is 5.92 Å². The summed E-state index contributed by atoms with van der Waals surface area (Å²) < 4.78 is 1.29. The topological polar surface area (TPSA) is 12.0 Å². The van der Waals surface area contributed by atoms with Crippen molar-refractivity contribution in [1.82, 2.24) is 5.32 Å². The molecule has 1 nitrogen and oxygen atoms in total. The standard InChI is InChI=1S/C10H14N.Sn/c1-9(8-11-2)10-6-4-3-5-7-10;/h3-7,9,11H,1,8H2,2H3;/q;+3. The van der Waals surface area contributed by atoms with Gasteiger partial charge in [0.2, 0.25) is 0 Å². The quantitative estimate of drug-likeness (QED) is 0.816. The van der Waals surface area contributed by atoms with E-state index in [-0.39, 0.29) is 0 Å². The van der Waals surface area contributed by atoms with Crippen LogP contribution in [0.5, 0.6) is 0 Å². The molecule has 0 amide bonds. The molecule has 0 saturated heterocycles. The molecule has 0 spiro atoms. The van der Waals surface area contributed by atoms with Crippen LogP contribution in [0.2, 0.25) is 4.44 Å². The summed E-state index contributed by atoms with van der Waals surface area (Å²) >= 11 is 1.62. The molecule has 0 aliphatic rings.